The minimum absolute atomic E-state index is 0.120. The fourth-order valence-electron chi connectivity index (χ4n) is 3.58. The molecular weight excluding hydrogens is 460 g/mol. The zero-order valence-corrected chi connectivity index (χ0v) is 19.7. The maximum Gasteiger partial charge on any atom is 0.303 e. The second kappa shape index (κ2) is 12.9. The van der Waals surface area contributed by atoms with Crippen molar-refractivity contribution < 1.29 is 29.4 Å². The van der Waals surface area contributed by atoms with Crippen LogP contribution < -0.4 is 10.6 Å². The number of amides is 2. The van der Waals surface area contributed by atoms with Crippen molar-refractivity contribution in [2.75, 3.05) is 10.6 Å². The molecule has 0 fully saturated rings. The lowest BCUT2D eigenvalue weighted by atomic mass is 10.1. The number of aliphatic carboxylic acids is 2. The summed E-state index contributed by atoms with van der Waals surface area (Å²) in [6.45, 7) is 0. The van der Waals surface area contributed by atoms with E-state index in [0.717, 1.165) is 11.1 Å². The van der Waals surface area contributed by atoms with Gasteiger partial charge in [0.2, 0.25) is 0 Å². The van der Waals surface area contributed by atoms with Gasteiger partial charge in [-0.1, -0.05) is 24.3 Å². The highest BCUT2D eigenvalue weighted by Gasteiger charge is 2.10. The molecule has 8 nitrogen and oxygen atoms in total. The Hall–Kier alpha value is -4.46. The zero-order chi connectivity index (χ0) is 25.9. The molecule has 0 heterocycles. The smallest absolute Gasteiger partial charge is 0.303 e. The number of anilines is 2. The Balaban J connectivity index is 1.50. The van der Waals surface area contributed by atoms with Crippen molar-refractivity contribution in [1.29, 1.82) is 0 Å². The zero-order valence-electron chi connectivity index (χ0n) is 19.7. The molecule has 3 rings (SSSR count). The fraction of sp³-hybridized carbons (Fsp3) is 0.214. The van der Waals surface area contributed by atoms with E-state index in [2.05, 4.69) is 10.6 Å². The number of nitrogens with one attached hydrogen (secondary N) is 2. The molecule has 0 atom stereocenters. The fourth-order valence-corrected chi connectivity index (χ4v) is 3.58. The van der Waals surface area contributed by atoms with E-state index in [0.29, 0.717) is 48.2 Å². The Morgan fingerprint density at radius 2 is 0.861 bits per heavy atom. The van der Waals surface area contributed by atoms with E-state index >= 15 is 0 Å². The number of benzene rings is 3. The van der Waals surface area contributed by atoms with Gasteiger partial charge in [-0.2, -0.15) is 0 Å². The largest absolute Gasteiger partial charge is 0.481 e. The highest BCUT2D eigenvalue weighted by Crippen LogP contribution is 2.16. The van der Waals surface area contributed by atoms with Crippen molar-refractivity contribution in [3.05, 3.63) is 95.1 Å². The van der Waals surface area contributed by atoms with E-state index in [1.807, 2.05) is 24.3 Å². The van der Waals surface area contributed by atoms with Crippen LogP contribution >= 0.6 is 0 Å². The van der Waals surface area contributed by atoms with E-state index < -0.39 is 11.9 Å². The first kappa shape index (κ1) is 26.2. The van der Waals surface area contributed by atoms with Crippen LogP contribution in [0.2, 0.25) is 0 Å². The van der Waals surface area contributed by atoms with Gasteiger partial charge in [0, 0.05) is 35.3 Å². The van der Waals surface area contributed by atoms with Crippen molar-refractivity contribution in [3.8, 4) is 0 Å². The van der Waals surface area contributed by atoms with Crippen LogP contribution in [0.25, 0.3) is 0 Å². The highest BCUT2D eigenvalue weighted by molar-refractivity contribution is 6.07. The van der Waals surface area contributed by atoms with Crippen molar-refractivity contribution >= 4 is 35.1 Å². The van der Waals surface area contributed by atoms with Crippen LogP contribution in [0.1, 0.15) is 57.5 Å². The summed E-state index contributed by atoms with van der Waals surface area (Å²) in [5.74, 6) is -2.25. The number of aryl methyl sites for hydroxylation is 2. The topological polar surface area (TPSA) is 133 Å². The lowest BCUT2D eigenvalue weighted by Gasteiger charge is -2.09. The Morgan fingerprint density at radius 3 is 1.17 bits per heavy atom. The predicted molar refractivity (Wildman–Crippen MR) is 136 cm³/mol. The first-order chi connectivity index (χ1) is 17.3. The van der Waals surface area contributed by atoms with Crippen molar-refractivity contribution in [2.45, 2.75) is 38.5 Å². The van der Waals surface area contributed by atoms with Gasteiger partial charge in [-0.25, -0.2) is 0 Å². The molecule has 0 bridgehead atoms. The van der Waals surface area contributed by atoms with E-state index in [-0.39, 0.29) is 24.7 Å². The molecule has 3 aromatic carbocycles. The van der Waals surface area contributed by atoms with Gasteiger partial charge in [-0.05, 0) is 85.3 Å². The van der Waals surface area contributed by atoms with Crippen molar-refractivity contribution in [1.82, 2.24) is 0 Å². The van der Waals surface area contributed by atoms with Gasteiger partial charge < -0.3 is 20.8 Å². The van der Waals surface area contributed by atoms with Crippen molar-refractivity contribution in [2.24, 2.45) is 0 Å². The molecule has 0 aliphatic rings. The Morgan fingerprint density at radius 1 is 0.528 bits per heavy atom. The molecule has 186 valence electrons. The summed E-state index contributed by atoms with van der Waals surface area (Å²) in [7, 11) is 0. The number of rotatable bonds is 12. The Kier molecular flexibility index (Phi) is 9.33. The molecule has 0 aliphatic carbocycles. The third-order valence-corrected chi connectivity index (χ3v) is 5.55. The van der Waals surface area contributed by atoms with Gasteiger partial charge >= 0.3 is 11.9 Å². The van der Waals surface area contributed by atoms with Crippen molar-refractivity contribution in [3.63, 3.8) is 0 Å². The van der Waals surface area contributed by atoms with E-state index in [4.69, 9.17) is 10.2 Å². The minimum Gasteiger partial charge on any atom is -0.481 e. The average Bonchev–Trinajstić information content (AvgIpc) is 2.86. The lowest BCUT2D eigenvalue weighted by molar-refractivity contribution is -0.138. The van der Waals surface area contributed by atoms with Gasteiger partial charge in [0.05, 0.1) is 0 Å². The summed E-state index contributed by atoms with van der Waals surface area (Å²) < 4.78 is 0. The van der Waals surface area contributed by atoms with E-state index in [1.54, 1.807) is 48.5 Å². The molecule has 0 aliphatic heterocycles. The molecule has 0 unspecified atom stereocenters. The average molecular weight is 489 g/mol. The van der Waals surface area contributed by atoms with E-state index in [9.17, 15) is 19.2 Å². The first-order valence-electron chi connectivity index (χ1n) is 11.6. The summed E-state index contributed by atoms with van der Waals surface area (Å²) in [6, 6.07) is 20.8. The molecule has 0 saturated heterocycles. The van der Waals surface area contributed by atoms with Gasteiger partial charge in [-0.3, -0.25) is 19.2 Å². The minimum atomic E-state index is -0.817. The quantitative estimate of drug-likeness (QED) is 0.283. The molecule has 0 spiro atoms. The molecule has 0 aromatic heterocycles. The van der Waals surface area contributed by atoms with Crippen LogP contribution in [0.3, 0.4) is 0 Å². The first-order valence-corrected chi connectivity index (χ1v) is 11.6. The molecule has 8 heteroatoms. The molecular formula is C28H28N2O6. The van der Waals surface area contributed by atoms with Crippen LogP contribution in [-0.2, 0) is 22.4 Å². The Bertz CT molecular complexity index is 1110. The maximum absolute atomic E-state index is 12.6. The van der Waals surface area contributed by atoms with Crippen LogP contribution in [0.4, 0.5) is 11.4 Å². The van der Waals surface area contributed by atoms with Gasteiger partial charge in [0.1, 0.15) is 0 Å². The normalized spacial score (nSPS) is 10.4. The SMILES string of the molecule is O=C(O)CCCc1ccc(NC(=O)c2ccc(C(=O)Nc3ccc(CCCC(=O)O)cc3)cc2)cc1. The number of hydrogen-bond donors (Lipinski definition) is 4. The standard InChI is InChI=1S/C28H28N2O6/c31-25(32)5-1-3-19-7-15-23(16-8-19)29-27(35)21-11-13-22(14-12-21)28(36)30-24-17-9-20(10-18-24)4-2-6-26(33)34/h7-18H,1-6H2,(H,29,35)(H,30,36)(H,31,32)(H,33,34). The summed E-state index contributed by atoms with van der Waals surface area (Å²) in [4.78, 5) is 46.3. The number of carboxylic acid groups (broad SMARTS) is 2. The number of carbonyl (C=O) groups is 4. The number of carbonyl (C=O) groups excluding carboxylic acids is 2. The summed E-state index contributed by atoms with van der Waals surface area (Å²) in [5, 5.41) is 23.1. The molecule has 3 aromatic rings. The summed E-state index contributed by atoms with van der Waals surface area (Å²) in [6.07, 6.45) is 2.66. The number of carboxylic acids is 2. The summed E-state index contributed by atoms with van der Waals surface area (Å²) >= 11 is 0. The maximum atomic E-state index is 12.6. The van der Waals surface area contributed by atoms with Crippen LogP contribution in [-0.4, -0.2) is 34.0 Å². The molecule has 36 heavy (non-hydrogen) atoms. The molecule has 0 radical (unpaired) electrons. The second-order valence-corrected chi connectivity index (χ2v) is 8.37. The monoisotopic (exact) mass is 488 g/mol. The molecule has 4 N–H and O–H groups in total. The van der Waals surface area contributed by atoms with Crippen LogP contribution in [0.15, 0.2) is 72.8 Å². The Labute approximate surface area is 209 Å². The van der Waals surface area contributed by atoms with Gasteiger partial charge in [0.25, 0.3) is 11.8 Å². The molecule has 0 saturated carbocycles. The molecule has 2 amide bonds. The third kappa shape index (κ3) is 8.39. The van der Waals surface area contributed by atoms with Crippen LogP contribution in [0, 0.1) is 0 Å². The highest BCUT2D eigenvalue weighted by atomic mass is 16.4. The summed E-state index contributed by atoms with van der Waals surface area (Å²) in [5.41, 5.74) is 4.05. The lowest BCUT2D eigenvalue weighted by Crippen LogP contribution is -2.14. The van der Waals surface area contributed by atoms with Gasteiger partial charge in [0.15, 0.2) is 0 Å². The second-order valence-electron chi connectivity index (χ2n) is 8.37. The number of hydrogen-bond acceptors (Lipinski definition) is 4. The predicted octanol–water partition coefficient (Wildman–Crippen LogP) is 5.01. The van der Waals surface area contributed by atoms with Crippen LogP contribution in [0.5, 0.6) is 0 Å². The third-order valence-electron chi connectivity index (χ3n) is 5.55. The van der Waals surface area contributed by atoms with E-state index in [1.165, 1.54) is 0 Å². The van der Waals surface area contributed by atoms with Gasteiger partial charge in [-0.15, -0.1) is 0 Å².